The molecule has 0 N–H and O–H groups in total. The number of fused-ring (bicyclic) bond motifs is 1. The number of thiophene rings is 1. The molecule has 4 rings (SSSR count). The molecule has 2 aromatic carbocycles. The fourth-order valence-electron chi connectivity index (χ4n) is 4.10. The summed E-state index contributed by atoms with van der Waals surface area (Å²) >= 11 is 1.66. The van der Waals surface area contributed by atoms with Crippen LogP contribution in [0.15, 0.2) is 60.0 Å². The Bertz CT molecular complexity index is 1150. The Labute approximate surface area is 202 Å². The Hall–Kier alpha value is -3.39. The molecule has 3 aromatic rings. The lowest BCUT2D eigenvalue weighted by molar-refractivity contribution is -0.135. The van der Waals surface area contributed by atoms with Gasteiger partial charge in [-0.1, -0.05) is 6.07 Å². The van der Waals surface area contributed by atoms with Gasteiger partial charge in [0.2, 0.25) is 5.91 Å². The maximum atomic E-state index is 13.6. The van der Waals surface area contributed by atoms with E-state index in [1.165, 1.54) is 21.9 Å². The minimum Gasteiger partial charge on any atom is -0.497 e. The second kappa shape index (κ2) is 10.7. The lowest BCUT2D eigenvalue weighted by atomic mass is 10.0. The van der Waals surface area contributed by atoms with Crippen LogP contribution in [0.3, 0.4) is 0 Å². The van der Waals surface area contributed by atoms with Gasteiger partial charge in [-0.25, -0.2) is 4.39 Å². The van der Waals surface area contributed by atoms with Crippen molar-refractivity contribution in [3.05, 3.63) is 81.8 Å². The predicted molar refractivity (Wildman–Crippen MR) is 129 cm³/mol. The maximum Gasteiger partial charge on any atom is 0.254 e. The lowest BCUT2D eigenvalue weighted by Crippen LogP contribution is -2.47. The monoisotopic (exact) mass is 482 g/mol. The number of carbonyl (C=O) groups is 2. The molecule has 0 spiro atoms. The molecule has 1 aliphatic rings. The van der Waals surface area contributed by atoms with Gasteiger partial charge in [-0.3, -0.25) is 9.59 Å². The van der Waals surface area contributed by atoms with E-state index in [-0.39, 0.29) is 36.8 Å². The number of hydrogen-bond donors (Lipinski definition) is 0. The van der Waals surface area contributed by atoms with Crippen LogP contribution in [0.4, 0.5) is 4.39 Å². The summed E-state index contributed by atoms with van der Waals surface area (Å²) in [5.41, 5.74) is 1.55. The van der Waals surface area contributed by atoms with Crippen molar-refractivity contribution >= 4 is 23.2 Å². The minimum atomic E-state index is -0.374. The fraction of sp³-hybridized carbons (Fsp3) is 0.308. The molecule has 2 heterocycles. The van der Waals surface area contributed by atoms with Crippen LogP contribution >= 0.6 is 11.3 Å². The fourth-order valence-corrected chi connectivity index (χ4v) is 5.03. The number of hydrogen-bond acceptors (Lipinski definition) is 5. The second-order valence-corrected chi connectivity index (χ2v) is 8.97. The van der Waals surface area contributed by atoms with Gasteiger partial charge in [0, 0.05) is 29.6 Å². The molecule has 1 atom stereocenters. The van der Waals surface area contributed by atoms with Gasteiger partial charge < -0.3 is 19.3 Å². The van der Waals surface area contributed by atoms with Crippen LogP contribution in [0, 0.1) is 5.82 Å². The van der Waals surface area contributed by atoms with Gasteiger partial charge in [-0.05, 0) is 66.8 Å². The van der Waals surface area contributed by atoms with Gasteiger partial charge in [0.1, 0.15) is 30.5 Å². The van der Waals surface area contributed by atoms with E-state index in [9.17, 15) is 14.0 Å². The molecule has 1 aromatic heterocycles. The summed E-state index contributed by atoms with van der Waals surface area (Å²) in [5, 5.41) is 2.01. The first-order valence-corrected chi connectivity index (χ1v) is 12.1. The lowest BCUT2D eigenvalue weighted by Gasteiger charge is -2.37. The topological polar surface area (TPSA) is 59.1 Å². The van der Waals surface area contributed by atoms with Crippen LogP contribution in [0.2, 0.25) is 0 Å². The molecular weight excluding hydrogens is 455 g/mol. The number of rotatable bonds is 8. The Morgan fingerprint density at radius 1 is 1.15 bits per heavy atom. The zero-order valence-electron chi connectivity index (χ0n) is 19.2. The summed E-state index contributed by atoms with van der Waals surface area (Å²) in [4.78, 5) is 31.0. The number of amides is 2. The highest BCUT2D eigenvalue weighted by Gasteiger charge is 2.33. The first kappa shape index (κ1) is 23.8. The average Bonchev–Trinajstić information content (AvgIpc) is 3.34. The zero-order chi connectivity index (χ0) is 24.1. The molecule has 0 bridgehead atoms. The summed E-state index contributed by atoms with van der Waals surface area (Å²) < 4.78 is 24.6. The van der Waals surface area contributed by atoms with E-state index in [1.807, 2.05) is 18.4 Å². The van der Waals surface area contributed by atoms with Crippen LogP contribution in [0.5, 0.6) is 11.5 Å². The third-order valence-corrected chi connectivity index (χ3v) is 6.95. The molecule has 0 aliphatic carbocycles. The predicted octanol–water partition coefficient (Wildman–Crippen LogP) is 4.56. The van der Waals surface area contributed by atoms with Crippen molar-refractivity contribution < 1.29 is 23.5 Å². The smallest absolute Gasteiger partial charge is 0.254 e. The molecule has 178 valence electrons. The van der Waals surface area contributed by atoms with Crippen LogP contribution in [0.1, 0.15) is 33.8 Å². The largest absolute Gasteiger partial charge is 0.497 e. The van der Waals surface area contributed by atoms with Crippen molar-refractivity contribution in [1.82, 2.24) is 9.80 Å². The van der Waals surface area contributed by atoms with E-state index >= 15 is 0 Å². The van der Waals surface area contributed by atoms with Crippen molar-refractivity contribution in [2.75, 3.05) is 33.4 Å². The van der Waals surface area contributed by atoms with Crippen LogP contribution in [-0.4, -0.2) is 55.0 Å². The highest BCUT2D eigenvalue weighted by Crippen LogP contribution is 2.34. The quantitative estimate of drug-likeness (QED) is 0.472. The molecule has 2 amide bonds. The second-order valence-electron chi connectivity index (χ2n) is 7.97. The molecule has 34 heavy (non-hydrogen) atoms. The van der Waals surface area contributed by atoms with Gasteiger partial charge in [0.05, 0.1) is 13.2 Å². The standard InChI is InChI=1S/C26H27FN2O4S/c1-3-28(26(31)18-7-9-20(32-2)10-8-18)16-25(30)29-13-11-24-22(12-14-34-24)23(29)17-33-21-6-4-5-19(27)15-21/h4-10,12,14-15,23H,3,11,13,16-17H2,1-2H3/t23-/m1/s1. The summed E-state index contributed by atoms with van der Waals surface area (Å²) in [5.74, 6) is 0.352. The number of ether oxygens (including phenoxy) is 2. The highest BCUT2D eigenvalue weighted by molar-refractivity contribution is 7.10. The molecule has 8 heteroatoms. The first-order valence-electron chi connectivity index (χ1n) is 11.2. The van der Waals surface area contributed by atoms with Gasteiger partial charge in [0.25, 0.3) is 5.91 Å². The SMILES string of the molecule is CCN(CC(=O)N1CCc2sccc2[C@H]1COc1cccc(F)c1)C(=O)c1ccc(OC)cc1. The van der Waals surface area contributed by atoms with Gasteiger partial charge in [0.15, 0.2) is 0 Å². The van der Waals surface area contributed by atoms with Crippen molar-refractivity contribution in [3.63, 3.8) is 0 Å². The number of halogens is 1. The number of benzene rings is 2. The highest BCUT2D eigenvalue weighted by atomic mass is 32.1. The van der Waals surface area contributed by atoms with E-state index in [4.69, 9.17) is 9.47 Å². The number of carbonyl (C=O) groups excluding carboxylic acids is 2. The minimum absolute atomic E-state index is 0.0305. The third-order valence-electron chi connectivity index (χ3n) is 5.95. The summed E-state index contributed by atoms with van der Waals surface area (Å²) in [6, 6.07) is 14.5. The Morgan fingerprint density at radius 3 is 2.65 bits per heavy atom. The van der Waals surface area contributed by atoms with Crippen LogP contribution in [-0.2, 0) is 11.2 Å². The number of likely N-dealkylation sites (N-methyl/N-ethyl adjacent to an activating group) is 1. The maximum absolute atomic E-state index is 13.6. The summed E-state index contributed by atoms with van der Waals surface area (Å²) in [6.45, 7) is 2.97. The Kier molecular flexibility index (Phi) is 7.47. The number of methoxy groups -OCH3 is 1. The normalized spacial score (nSPS) is 14.9. The van der Waals surface area contributed by atoms with Crippen molar-refractivity contribution in [1.29, 1.82) is 0 Å². The zero-order valence-corrected chi connectivity index (χ0v) is 20.0. The van der Waals surface area contributed by atoms with Crippen molar-refractivity contribution in [3.8, 4) is 11.5 Å². The van der Waals surface area contributed by atoms with Gasteiger partial charge >= 0.3 is 0 Å². The third kappa shape index (κ3) is 5.22. The van der Waals surface area contributed by atoms with E-state index in [0.717, 1.165) is 12.0 Å². The first-order chi connectivity index (χ1) is 16.5. The molecular formula is C26H27FN2O4S. The molecule has 6 nitrogen and oxygen atoms in total. The summed E-state index contributed by atoms with van der Waals surface area (Å²) in [6.07, 6.45) is 0.758. The van der Waals surface area contributed by atoms with Crippen molar-refractivity contribution in [2.45, 2.75) is 19.4 Å². The van der Waals surface area contributed by atoms with E-state index in [2.05, 4.69) is 0 Å². The van der Waals surface area contributed by atoms with E-state index in [0.29, 0.717) is 30.2 Å². The molecule has 0 fully saturated rings. The van der Waals surface area contributed by atoms with Crippen LogP contribution < -0.4 is 9.47 Å². The van der Waals surface area contributed by atoms with E-state index < -0.39 is 0 Å². The van der Waals surface area contributed by atoms with E-state index in [1.54, 1.807) is 59.7 Å². The average molecular weight is 483 g/mol. The molecule has 0 radical (unpaired) electrons. The van der Waals surface area contributed by atoms with Crippen LogP contribution in [0.25, 0.3) is 0 Å². The molecule has 1 aliphatic heterocycles. The summed E-state index contributed by atoms with van der Waals surface area (Å²) in [7, 11) is 1.57. The molecule has 0 unspecified atom stereocenters. The van der Waals surface area contributed by atoms with Gasteiger partial charge in [-0.15, -0.1) is 11.3 Å². The Balaban J connectivity index is 1.49. The number of nitrogens with zero attached hydrogens (tertiary/aromatic N) is 2. The Morgan fingerprint density at radius 2 is 1.94 bits per heavy atom. The molecule has 0 saturated heterocycles. The van der Waals surface area contributed by atoms with Crippen molar-refractivity contribution in [2.24, 2.45) is 0 Å². The molecule has 0 saturated carbocycles. The van der Waals surface area contributed by atoms with Gasteiger partial charge in [-0.2, -0.15) is 0 Å².